The molecular formula is C24H44FN7O3. The molecule has 8 atom stereocenters. The van der Waals surface area contributed by atoms with Gasteiger partial charge in [-0.25, -0.2) is 4.39 Å². The number of rotatable bonds is 9. The van der Waals surface area contributed by atoms with Gasteiger partial charge in [-0.1, -0.05) is 20.8 Å². The SMILES string of the molecule is CC[C@H]1CCCCN1C(=O)C[C@H](NC1NC(C(C)C)NO1)C(=O)NCC1NC2CCCC(F)C2N1. The highest BCUT2D eigenvalue weighted by Gasteiger charge is 2.41. The second kappa shape index (κ2) is 12.2. The summed E-state index contributed by atoms with van der Waals surface area (Å²) in [6.07, 6.45) is 4.80. The van der Waals surface area contributed by atoms with Crippen LogP contribution in [0, 0.1) is 5.92 Å². The van der Waals surface area contributed by atoms with Gasteiger partial charge < -0.3 is 10.2 Å². The molecule has 6 unspecified atom stereocenters. The predicted octanol–water partition coefficient (Wildman–Crippen LogP) is 0.410. The number of fused-ring (bicyclic) bond motifs is 1. The number of halogens is 1. The summed E-state index contributed by atoms with van der Waals surface area (Å²) >= 11 is 0. The van der Waals surface area contributed by atoms with E-state index in [0.29, 0.717) is 13.0 Å². The number of carbonyl (C=O) groups is 2. The average Bonchev–Trinajstić information content (AvgIpc) is 3.50. The summed E-state index contributed by atoms with van der Waals surface area (Å²) in [5.41, 5.74) is 2.94. The fraction of sp³-hybridized carbons (Fsp3) is 0.917. The highest BCUT2D eigenvalue weighted by atomic mass is 19.1. The first-order valence-electron chi connectivity index (χ1n) is 13.5. The Morgan fingerprint density at radius 2 is 1.94 bits per heavy atom. The highest BCUT2D eigenvalue weighted by molar-refractivity contribution is 5.88. The Kier molecular flexibility index (Phi) is 9.34. The maximum atomic E-state index is 14.3. The quantitative estimate of drug-likeness (QED) is 0.271. The molecule has 3 saturated heterocycles. The fourth-order valence-electron chi connectivity index (χ4n) is 5.77. The molecule has 1 saturated carbocycles. The van der Waals surface area contributed by atoms with Crippen molar-refractivity contribution in [1.82, 2.24) is 37.0 Å². The van der Waals surface area contributed by atoms with Crippen molar-refractivity contribution in [3.05, 3.63) is 0 Å². The van der Waals surface area contributed by atoms with E-state index in [9.17, 15) is 14.0 Å². The second-order valence-electron chi connectivity index (χ2n) is 10.8. The summed E-state index contributed by atoms with van der Waals surface area (Å²) in [7, 11) is 0. The standard InChI is InChI=1S/C24H44FN7O3/c1-4-15-8-5-6-11-32(15)20(33)12-18(28-24-30-22(14(2)3)31-35-24)23(34)26-13-19-27-17-10-7-9-16(25)21(17)29-19/h14-19,21-22,24,27-31H,4-13H2,1-3H3,(H,26,34)/t15-,16?,17?,18-,19?,21?,22?,24?/m0/s1. The molecular weight excluding hydrogens is 453 g/mol. The number of hydroxylamine groups is 1. The third kappa shape index (κ3) is 6.69. The third-order valence-corrected chi connectivity index (χ3v) is 7.88. The minimum atomic E-state index is -0.864. The van der Waals surface area contributed by atoms with Gasteiger partial charge in [0.05, 0.1) is 30.8 Å². The van der Waals surface area contributed by atoms with Crippen molar-refractivity contribution in [3.8, 4) is 0 Å². The minimum absolute atomic E-state index is 0.0148. The predicted molar refractivity (Wildman–Crippen MR) is 130 cm³/mol. The number of hydrogen-bond acceptors (Lipinski definition) is 8. The smallest absolute Gasteiger partial charge is 0.237 e. The lowest BCUT2D eigenvalue weighted by Crippen LogP contribution is -2.57. The van der Waals surface area contributed by atoms with E-state index in [1.165, 1.54) is 0 Å². The van der Waals surface area contributed by atoms with Crippen LogP contribution < -0.4 is 32.1 Å². The molecule has 4 aliphatic rings. The van der Waals surface area contributed by atoms with Crippen LogP contribution in [0.2, 0.25) is 0 Å². The normalized spacial score (nSPS) is 36.3. The Morgan fingerprint density at radius 3 is 2.66 bits per heavy atom. The summed E-state index contributed by atoms with van der Waals surface area (Å²) in [5.74, 6) is 0.00722. The van der Waals surface area contributed by atoms with Crippen LogP contribution in [0.4, 0.5) is 4.39 Å². The van der Waals surface area contributed by atoms with Crippen LogP contribution in [0.5, 0.6) is 0 Å². The summed E-state index contributed by atoms with van der Waals surface area (Å²) in [6, 6.07) is -0.640. The van der Waals surface area contributed by atoms with E-state index in [-0.39, 0.29) is 54.6 Å². The Hall–Kier alpha value is -1.37. The molecule has 11 heteroatoms. The average molecular weight is 498 g/mol. The summed E-state index contributed by atoms with van der Waals surface area (Å²) in [4.78, 5) is 34.1. The molecule has 3 aliphatic heterocycles. The van der Waals surface area contributed by atoms with Gasteiger partial charge in [-0.2, -0.15) is 5.48 Å². The number of nitrogens with zero attached hydrogens (tertiary/aromatic N) is 1. The number of nitrogens with one attached hydrogen (secondary N) is 6. The number of piperidine rings is 1. The van der Waals surface area contributed by atoms with Crippen molar-refractivity contribution in [2.24, 2.45) is 5.92 Å². The van der Waals surface area contributed by atoms with Crippen LogP contribution in [0.15, 0.2) is 0 Å². The highest BCUT2D eigenvalue weighted by Crippen LogP contribution is 2.25. The molecule has 4 fully saturated rings. The molecule has 0 bridgehead atoms. The van der Waals surface area contributed by atoms with E-state index in [1.54, 1.807) is 0 Å². The van der Waals surface area contributed by atoms with E-state index >= 15 is 0 Å². The molecule has 35 heavy (non-hydrogen) atoms. The molecule has 0 aromatic carbocycles. The second-order valence-corrected chi connectivity index (χ2v) is 10.8. The molecule has 2 amide bonds. The van der Waals surface area contributed by atoms with E-state index in [2.05, 4.69) is 52.8 Å². The van der Waals surface area contributed by atoms with Gasteiger partial charge >= 0.3 is 0 Å². The van der Waals surface area contributed by atoms with Crippen molar-refractivity contribution >= 4 is 11.8 Å². The zero-order valence-corrected chi connectivity index (χ0v) is 21.3. The Bertz CT molecular complexity index is 729. The van der Waals surface area contributed by atoms with Crippen molar-refractivity contribution in [1.29, 1.82) is 0 Å². The molecule has 6 N–H and O–H groups in total. The number of amides is 2. The molecule has 0 aromatic rings. The van der Waals surface area contributed by atoms with Gasteiger partial charge in [0.1, 0.15) is 6.17 Å². The molecule has 0 aromatic heterocycles. The van der Waals surface area contributed by atoms with Crippen LogP contribution >= 0.6 is 0 Å². The lowest BCUT2D eigenvalue weighted by molar-refractivity contribution is -0.139. The Labute approximate surface area is 208 Å². The molecule has 10 nitrogen and oxygen atoms in total. The fourth-order valence-corrected chi connectivity index (χ4v) is 5.77. The van der Waals surface area contributed by atoms with Gasteiger partial charge in [0.2, 0.25) is 11.8 Å². The summed E-state index contributed by atoms with van der Waals surface area (Å²) < 4.78 is 14.3. The molecule has 4 rings (SSSR count). The monoisotopic (exact) mass is 497 g/mol. The molecule has 0 spiro atoms. The summed E-state index contributed by atoms with van der Waals surface area (Å²) in [5, 5.41) is 16.1. The Morgan fingerprint density at radius 1 is 1.11 bits per heavy atom. The number of hydrogen-bond donors (Lipinski definition) is 6. The van der Waals surface area contributed by atoms with E-state index < -0.39 is 18.6 Å². The van der Waals surface area contributed by atoms with Crippen molar-refractivity contribution in [2.75, 3.05) is 13.1 Å². The molecule has 1 aliphatic carbocycles. The van der Waals surface area contributed by atoms with Crippen molar-refractivity contribution in [2.45, 2.75) is 121 Å². The van der Waals surface area contributed by atoms with Gasteiger partial charge in [-0.15, -0.1) is 0 Å². The number of carbonyl (C=O) groups excluding carboxylic acids is 2. The summed E-state index contributed by atoms with van der Waals surface area (Å²) in [6.45, 7) is 7.29. The van der Waals surface area contributed by atoms with Gasteiger partial charge in [-0.3, -0.25) is 35.7 Å². The maximum absolute atomic E-state index is 14.3. The van der Waals surface area contributed by atoms with E-state index in [1.807, 2.05) is 4.90 Å². The first kappa shape index (κ1) is 26.7. The zero-order chi connectivity index (χ0) is 24.9. The van der Waals surface area contributed by atoms with Crippen LogP contribution in [0.1, 0.15) is 72.1 Å². The van der Waals surface area contributed by atoms with Crippen LogP contribution in [-0.2, 0) is 14.4 Å². The Balaban J connectivity index is 1.35. The zero-order valence-electron chi connectivity index (χ0n) is 21.3. The van der Waals surface area contributed by atoms with Gasteiger partial charge in [0, 0.05) is 25.2 Å². The molecule has 3 heterocycles. The lowest BCUT2D eigenvalue weighted by Gasteiger charge is -2.36. The molecule has 0 radical (unpaired) electrons. The minimum Gasteiger partial charge on any atom is -0.352 e. The largest absolute Gasteiger partial charge is 0.352 e. The van der Waals surface area contributed by atoms with Crippen LogP contribution in [0.25, 0.3) is 0 Å². The third-order valence-electron chi connectivity index (χ3n) is 7.88. The van der Waals surface area contributed by atoms with Gasteiger partial charge in [-0.05, 0) is 50.9 Å². The van der Waals surface area contributed by atoms with E-state index in [0.717, 1.165) is 45.1 Å². The number of alkyl halides is 1. The lowest BCUT2D eigenvalue weighted by atomic mass is 9.90. The van der Waals surface area contributed by atoms with Crippen LogP contribution in [-0.4, -0.2) is 78.8 Å². The van der Waals surface area contributed by atoms with Gasteiger partial charge in [0.15, 0.2) is 6.35 Å². The van der Waals surface area contributed by atoms with Crippen molar-refractivity contribution < 1.29 is 18.8 Å². The molecule has 200 valence electrons. The van der Waals surface area contributed by atoms with E-state index in [4.69, 9.17) is 4.84 Å². The maximum Gasteiger partial charge on any atom is 0.237 e. The van der Waals surface area contributed by atoms with Gasteiger partial charge in [0.25, 0.3) is 0 Å². The first-order valence-corrected chi connectivity index (χ1v) is 13.5. The van der Waals surface area contributed by atoms with Crippen LogP contribution in [0.3, 0.4) is 0 Å². The number of likely N-dealkylation sites (tertiary alicyclic amines) is 1. The first-order chi connectivity index (χ1) is 16.9. The topological polar surface area (TPSA) is 119 Å². The van der Waals surface area contributed by atoms with Crippen molar-refractivity contribution in [3.63, 3.8) is 0 Å².